The number of carbonyl (C=O) groups excluding carboxylic acids is 1. The molecule has 1 amide bonds. The minimum absolute atomic E-state index is 0.0727. The zero-order chi connectivity index (χ0) is 29.9. The van der Waals surface area contributed by atoms with E-state index in [9.17, 15) is 4.79 Å². The Balaban J connectivity index is 3.16. The molecule has 0 saturated heterocycles. The predicted molar refractivity (Wildman–Crippen MR) is 186 cm³/mol. The van der Waals surface area contributed by atoms with Gasteiger partial charge in [-0.25, -0.2) is 0 Å². The average Bonchev–Trinajstić information content (AvgIpc) is 2.97. The Kier molecular flexibility index (Phi) is 35.2. The van der Waals surface area contributed by atoms with Crippen LogP contribution in [0.15, 0.2) is 0 Å². The van der Waals surface area contributed by atoms with Gasteiger partial charge in [-0.2, -0.15) is 0 Å². The van der Waals surface area contributed by atoms with Crippen LogP contribution in [0.3, 0.4) is 0 Å². The van der Waals surface area contributed by atoms with Crippen molar-refractivity contribution in [2.45, 2.75) is 239 Å². The SMILES string of the molecule is CCCCCCCCCCCCCCCCCCCCCCCCCCCCCCCCC(CCCCC)C(N)=O. The lowest BCUT2D eigenvalue weighted by atomic mass is 9.94. The van der Waals surface area contributed by atoms with Gasteiger partial charge in [-0.15, -0.1) is 0 Å². The highest BCUT2D eigenvalue weighted by atomic mass is 16.1. The van der Waals surface area contributed by atoms with Crippen molar-refractivity contribution in [3.8, 4) is 0 Å². The summed E-state index contributed by atoms with van der Waals surface area (Å²) in [5.41, 5.74) is 5.59. The van der Waals surface area contributed by atoms with Crippen LogP contribution in [0, 0.1) is 5.92 Å². The maximum atomic E-state index is 11.6. The van der Waals surface area contributed by atoms with Crippen molar-refractivity contribution < 1.29 is 4.79 Å². The molecule has 1 atom stereocenters. The lowest BCUT2D eigenvalue weighted by Crippen LogP contribution is -2.23. The van der Waals surface area contributed by atoms with Crippen LogP contribution in [0.1, 0.15) is 239 Å². The van der Waals surface area contributed by atoms with Crippen LogP contribution in [0.2, 0.25) is 0 Å². The highest BCUT2D eigenvalue weighted by Crippen LogP contribution is 2.19. The molecule has 0 bridgehead atoms. The molecule has 0 spiro atoms. The summed E-state index contributed by atoms with van der Waals surface area (Å²) < 4.78 is 0. The van der Waals surface area contributed by atoms with Gasteiger partial charge in [0, 0.05) is 5.92 Å². The predicted octanol–water partition coefficient (Wildman–Crippen LogP) is 13.8. The largest absolute Gasteiger partial charge is 0.369 e. The molecule has 0 rings (SSSR count). The van der Waals surface area contributed by atoms with Crippen molar-refractivity contribution in [2.75, 3.05) is 0 Å². The second-order valence-corrected chi connectivity index (χ2v) is 13.6. The first-order chi connectivity index (χ1) is 20.2. The van der Waals surface area contributed by atoms with Gasteiger partial charge in [0.15, 0.2) is 0 Å². The molecule has 0 aliphatic carbocycles. The monoisotopic (exact) mass is 578 g/mol. The molecule has 0 saturated carbocycles. The summed E-state index contributed by atoms with van der Waals surface area (Å²) in [4.78, 5) is 11.6. The summed E-state index contributed by atoms with van der Waals surface area (Å²) in [6.07, 6.45) is 48.7. The normalized spacial score (nSPS) is 12.2. The molecule has 1 unspecified atom stereocenters. The maximum absolute atomic E-state index is 11.6. The van der Waals surface area contributed by atoms with Gasteiger partial charge in [0.1, 0.15) is 0 Å². The van der Waals surface area contributed by atoms with Crippen LogP contribution in [0.4, 0.5) is 0 Å². The highest BCUT2D eigenvalue weighted by Gasteiger charge is 2.14. The van der Waals surface area contributed by atoms with E-state index in [-0.39, 0.29) is 11.8 Å². The fourth-order valence-electron chi connectivity index (χ4n) is 6.48. The van der Waals surface area contributed by atoms with E-state index in [4.69, 9.17) is 5.73 Å². The lowest BCUT2D eigenvalue weighted by Gasteiger charge is -2.12. The van der Waals surface area contributed by atoms with E-state index in [1.807, 2.05) is 0 Å². The number of unbranched alkanes of at least 4 members (excludes halogenated alkanes) is 31. The smallest absolute Gasteiger partial charge is 0.220 e. The third-order valence-electron chi connectivity index (χ3n) is 9.46. The summed E-state index contributed by atoms with van der Waals surface area (Å²) in [6.45, 7) is 4.52. The Morgan fingerprint density at radius 3 is 0.732 bits per heavy atom. The topological polar surface area (TPSA) is 43.1 Å². The number of hydrogen-bond acceptors (Lipinski definition) is 1. The van der Waals surface area contributed by atoms with Crippen LogP contribution >= 0.6 is 0 Å². The zero-order valence-electron chi connectivity index (χ0n) is 28.8. The van der Waals surface area contributed by atoms with Crippen molar-refractivity contribution in [3.05, 3.63) is 0 Å². The van der Waals surface area contributed by atoms with Crippen molar-refractivity contribution in [1.82, 2.24) is 0 Å². The molecule has 0 aliphatic rings. The van der Waals surface area contributed by atoms with E-state index >= 15 is 0 Å². The number of nitrogens with two attached hydrogens (primary N) is 1. The molecule has 246 valence electrons. The van der Waals surface area contributed by atoms with E-state index in [0.29, 0.717) is 0 Å². The molecule has 2 nitrogen and oxygen atoms in total. The van der Waals surface area contributed by atoms with Crippen molar-refractivity contribution >= 4 is 5.91 Å². The van der Waals surface area contributed by atoms with Crippen LogP contribution < -0.4 is 5.73 Å². The van der Waals surface area contributed by atoms with E-state index in [1.54, 1.807) is 0 Å². The standard InChI is InChI=1S/C39H79NO/c1-3-5-7-8-9-10-11-12-13-14-15-16-17-18-19-20-21-22-23-24-25-26-27-28-29-30-31-32-33-35-37-38(39(40)41)36-34-6-4-2/h38H,3-37H2,1-2H3,(H2,40,41). The quantitative estimate of drug-likeness (QED) is 0.0739. The van der Waals surface area contributed by atoms with Gasteiger partial charge in [0.05, 0.1) is 0 Å². The Morgan fingerprint density at radius 1 is 0.341 bits per heavy atom. The van der Waals surface area contributed by atoms with Gasteiger partial charge >= 0.3 is 0 Å². The van der Waals surface area contributed by atoms with Crippen molar-refractivity contribution in [2.24, 2.45) is 11.7 Å². The summed E-state index contributed by atoms with van der Waals surface area (Å²) in [6, 6.07) is 0. The molecule has 0 aromatic heterocycles. The Labute approximate surface area is 260 Å². The number of rotatable bonds is 36. The third-order valence-corrected chi connectivity index (χ3v) is 9.46. The van der Waals surface area contributed by atoms with Gasteiger partial charge in [-0.05, 0) is 12.8 Å². The molecule has 41 heavy (non-hydrogen) atoms. The fourth-order valence-corrected chi connectivity index (χ4v) is 6.48. The second kappa shape index (κ2) is 35.7. The molecule has 2 heteroatoms. The Hall–Kier alpha value is -0.530. The van der Waals surface area contributed by atoms with E-state index in [0.717, 1.165) is 19.3 Å². The lowest BCUT2D eigenvalue weighted by molar-refractivity contribution is -0.122. The van der Waals surface area contributed by atoms with Gasteiger partial charge < -0.3 is 5.73 Å². The minimum Gasteiger partial charge on any atom is -0.369 e. The third kappa shape index (κ3) is 33.8. The first kappa shape index (κ1) is 40.5. The molecule has 0 fully saturated rings. The number of primary amides is 1. The summed E-state index contributed by atoms with van der Waals surface area (Å²) >= 11 is 0. The first-order valence-corrected chi connectivity index (χ1v) is 19.5. The first-order valence-electron chi connectivity index (χ1n) is 19.5. The fraction of sp³-hybridized carbons (Fsp3) is 0.974. The molecule has 2 N–H and O–H groups in total. The number of carbonyl (C=O) groups is 1. The molecule has 0 aromatic rings. The number of hydrogen-bond donors (Lipinski definition) is 1. The van der Waals surface area contributed by atoms with Crippen LogP contribution in [0.25, 0.3) is 0 Å². The van der Waals surface area contributed by atoms with Crippen LogP contribution in [-0.2, 0) is 4.79 Å². The van der Waals surface area contributed by atoms with Crippen LogP contribution in [-0.4, -0.2) is 5.91 Å². The average molecular weight is 578 g/mol. The Morgan fingerprint density at radius 2 is 0.512 bits per heavy atom. The van der Waals surface area contributed by atoms with Crippen molar-refractivity contribution in [3.63, 3.8) is 0 Å². The second-order valence-electron chi connectivity index (χ2n) is 13.6. The minimum atomic E-state index is -0.0727. The van der Waals surface area contributed by atoms with Crippen LogP contribution in [0.5, 0.6) is 0 Å². The molecule has 0 heterocycles. The summed E-state index contributed by atoms with van der Waals surface area (Å²) in [5, 5.41) is 0. The summed E-state index contributed by atoms with van der Waals surface area (Å²) in [5.74, 6) is 0.0526. The maximum Gasteiger partial charge on any atom is 0.220 e. The van der Waals surface area contributed by atoms with E-state index in [2.05, 4.69) is 13.8 Å². The zero-order valence-corrected chi connectivity index (χ0v) is 28.8. The molecule has 0 aromatic carbocycles. The van der Waals surface area contributed by atoms with E-state index in [1.165, 1.54) is 205 Å². The molecular weight excluding hydrogens is 498 g/mol. The Bertz CT molecular complexity index is 490. The van der Waals surface area contributed by atoms with E-state index < -0.39 is 0 Å². The molecule has 0 radical (unpaired) electrons. The number of amides is 1. The van der Waals surface area contributed by atoms with Crippen molar-refractivity contribution in [1.29, 1.82) is 0 Å². The van der Waals surface area contributed by atoms with Gasteiger partial charge in [0.25, 0.3) is 0 Å². The van der Waals surface area contributed by atoms with Gasteiger partial charge in [0.2, 0.25) is 5.91 Å². The summed E-state index contributed by atoms with van der Waals surface area (Å²) in [7, 11) is 0. The molecule has 0 aliphatic heterocycles. The van der Waals surface area contributed by atoms with Gasteiger partial charge in [-0.3, -0.25) is 4.79 Å². The molecular formula is C39H79NO. The van der Waals surface area contributed by atoms with Gasteiger partial charge in [-0.1, -0.05) is 226 Å². The highest BCUT2D eigenvalue weighted by molar-refractivity contribution is 5.76.